The van der Waals surface area contributed by atoms with Gasteiger partial charge in [-0.15, -0.1) is 24.0 Å². The number of guanidine groups is 1. The molecule has 22 heavy (non-hydrogen) atoms. The normalized spacial score (nSPS) is 21.9. The highest BCUT2D eigenvalue weighted by Crippen LogP contribution is 2.27. The minimum absolute atomic E-state index is 0. The number of aliphatic imine (C=N–C) groups is 1. The van der Waals surface area contributed by atoms with Crippen LogP contribution in [0.5, 0.6) is 5.75 Å². The second-order valence-corrected chi connectivity index (χ2v) is 6.16. The smallest absolute Gasteiger partial charge is 0.191 e. The molecule has 1 atom stereocenters. The summed E-state index contributed by atoms with van der Waals surface area (Å²) in [5, 5.41) is 6.70. The molecule has 2 aliphatic rings. The molecule has 1 fully saturated rings. The van der Waals surface area contributed by atoms with Crippen LogP contribution < -0.4 is 15.4 Å². The molecule has 1 saturated heterocycles. The maximum absolute atomic E-state index is 5.91. The minimum atomic E-state index is 0. The van der Waals surface area contributed by atoms with E-state index in [1.54, 1.807) is 7.05 Å². The Kier molecular flexibility index (Phi) is 5.91. The van der Waals surface area contributed by atoms with Crippen LogP contribution in [0.2, 0.25) is 0 Å². The van der Waals surface area contributed by atoms with Crippen LogP contribution in [0.3, 0.4) is 0 Å². The third-order valence-corrected chi connectivity index (χ3v) is 4.02. The molecule has 5 nitrogen and oxygen atoms in total. The fourth-order valence-corrected chi connectivity index (χ4v) is 2.65. The summed E-state index contributed by atoms with van der Waals surface area (Å²) in [6, 6.07) is 8.22. The van der Waals surface area contributed by atoms with Crippen molar-refractivity contribution in [2.75, 3.05) is 33.4 Å². The van der Waals surface area contributed by atoms with Gasteiger partial charge in [-0.05, 0) is 11.6 Å². The molecule has 0 radical (unpaired) electrons. The quantitative estimate of drug-likeness (QED) is 0.446. The maximum Gasteiger partial charge on any atom is 0.191 e. The number of hydrogen-bond acceptors (Lipinski definition) is 3. The number of nitrogens with one attached hydrogen (secondary N) is 2. The summed E-state index contributed by atoms with van der Waals surface area (Å²) >= 11 is 0. The van der Waals surface area contributed by atoms with E-state index in [1.807, 2.05) is 12.1 Å². The average Bonchev–Trinajstić information content (AvgIpc) is 2.88. The number of hydrogen-bond donors (Lipinski definition) is 2. The Balaban J connectivity index is 0.00000176. The van der Waals surface area contributed by atoms with E-state index in [9.17, 15) is 0 Å². The van der Waals surface area contributed by atoms with Gasteiger partial charge in [-0.2, -0.15) is 0 Å². The topological polar surface area (TPSA) is 54.9 Å². The molecular weight excluding hydrogens is 393 g/mol. The van der Waals surface area contributed by atoms with Crippen molar-refractivity contribution in [1.29, 1.82) is 0 Å². The van der Waals surface area contributed by atoms with Gasteiger partial charge in [-0.3, -0.25) is 4.99 Å². The summed E-state index contributed by atoms with van der Waals surface area (Å²) < 4.78 is 11.2. The summed E-state index contributed by atoms with van der Waals surface area (Å²) in [5.41, 5.74) is 1.52. The highest BCUT2D eigenvalue weighted by molar-refractivity contribution is 14.0. The van der Waals surface area contributed by atoms with Crippen molar-refractivity contribution in [3.05, 3.63) is 29.8 Å². The first-order chi connectivity index (χ1) is 10.2. The van der Waals surface area contributed by atoms with Gasteiger partial charge in [0.05, 0.1) is 19.8 Å². The lowest BCUT2D eigenvalue weighted by molar-refractivity contribution is -0.0971. The van der Waals surface area contributed by atoms with Crippen LogP contribution >= 0.6 is 24.0 Å². The van der Waals surface area contributed by atoms with Crippen LogP contribution in [0.25, 0.3) is 0 Å². The molecule has 0 amide bonds. The fraction of sp³-hybridized carbons (Fsp3) is 0.562. The van der Waals surface area contributed by atoms with Crippen LogP contribution in [-0.2, 0) is 11.2 Å². The molecule has 1 aromatic carbocycles. The molecule has 3 rings (SSSR count). The predicted molar refractivity (Wildman–Crippen MR) is 98.3 cm³/mol. The van der Waals surface area contributed by atoms with E-state index in [1.165, 1.54) is 5.56 Å². The Bertz CT molecular complexity index is 507. The molecule has 2 N–H and O–H groups in total. The first-order valence-electron chi connectivity index (χ1n) is 7.45. The zero-order valence-electron chi connectivity index (χ0n) is 13.1. The molecule has 122 valence electrons. The van der Waals surface area contributed by atoms with Crippen LogP contribution in [-0.4, -0.2) is 45.4 Å². The zero-order valence-corrected chi connectivity index (χ0v) is 15.4. The Hall–Kier alpha value is -1.02. The summed E-state index contributed by atoms with van der Waals surface area (Å²) in [4.78, 5) is 4.26. The van der Waals surface area contributed by atoms with E-state index >= 15 is 0 Å². The van der Waals surface area contributed by atoms with Crippen molar-refractivity contribution in [2.45, 2.75) is 19.4 Å². The molecule has 0 aliphatic carbocycles. The molecule has 0 saturated carbocycles. The Labute approximate surface area is 148 Å². The van der Waals surface area contributed by atoms with Crippen molar-refractivity contribution in [3.8, 4) is 5.75 Å². The number of rotatable bonds is 4. The monoisotopic (exact) mass is 417 g/mol. The van der Waals surface area contributed by atoms with Crippen molar-refractivity contribution >= 4 is 29.9 Å². The van der Waals surface area contributed by atoms with Crippen LogP contribution in [0.1, 0.15) is 12.5 Å². The SMILES string of the molecule is CN=C(NCC1Cc2ccccc2O1)NCC1(C)COC1.I. The third kappa shape index (κ3) is 4.04. The van der Waals surface area contributed by atoms with Crippen molar-refractivity contribution in [1.82, 2.24) is 10.6 Å². The lowest BCUT2D eigenvalue weighted by atomic mass is 9.89. The highest BCUT2D eigenvalue weighted by Gasteiger charge is 2.33. The second-order valence-electron chi connectivity index (χ2n) is 6.16. The van der Waals surface area contributed by atoms with Crippen LogP contribution in [0.4, 0.5) is 0 Å². The average molecular weight is 417 g/mol. The van der Waals surface area contributed by atoms with E-state index in [-0.39, 0.29) is 35.5 Å². The standard InChI is InChI=1S/C16H23N3O2.HI/c1-16(10-20-11-16)9-19-15(17-2)18-8-13-7-12-5-3-4-6-14(12)21-13;/h3-6,13H,7-11H2,1-2H3,(H2,17,18,19);1H. The van der Waals surface area contributed by atoms with Crippen LogP contribution in [0, 0.1) is 5.41 Å². The Morgan fingerprint density at radius 1 is 1.32 bits per heavy atom. The third-order valence-electron chi connectivity index (χ3n) is 4.02. The summed E-state index contributed by atoms with van der Waals surface area (Å²) in [6.07, 6.45) is 1.12. The van der Waals surface area contributed by atoms with Crippen molar-refractivity contribution in [3.63, 3.8) is 0 Å². The highest BCUT2D eigenvalue weighted by atomic mass is 127. The number of ether oxygens (including phenoxy) is 2. The Morgan fingerprint density at radius 2 is 2.09 bits per heavy atom. The first kappa shape index (κ1) is 17.3. The molecule has 6 heteroatoms. The zero-order chi connectivity index (χ0) is 14.7. The molecule has 0 bridgehead atoms. The van der Waals surface area contributed by atoms with Crippen molar-refractivity contribution < 1.29 is 9.47 Å². The molecule has 0 aromatic heterocycles. The van der Waals surface area contributed by atoms with Gasteiger partial charge in [0, 0.05) is 25.4 Å². The van der Waals surface area contributed by atoms with Gasteiger partial charge in [0.2, 0.25) is 0 Å². The van der Waals surface area contributed by atoms with E-state index in [0.29, 0.717) is 0 Å². The first-order valence-corrected chi connectivity index (χ1v) is 7.45. The summed E-state index contributed by atoms with van der Waals surface area (Å²) in [5.74, 6) is 1.83. The molecular formula is C16H24IN3O2. The minimum Gasteiger partial charge on any atom is -0.488 e. The summed E-state index contributed by atoms with van der Waals surface area (Å²) in [6.45, 7) is 5.48. The van der Waals surface area contributed by atoms with Gasteiger partial charge in [-0.25, -0.2) is 0 Å². The number of para-hydroxylation sites is 1. The van der Waals surface area contributed by atoms with E-state index < -0.39 is 0 Å². The summed E-state index contributed by atoms with van der Waals surface area (Å²) in [7, 11) is 1.79. The molecule has 1 aromatic rings. The molecule has 2 aliphatic heterocycles. The number of benzene rings is 1. The fourth-order valence-electron chi connectivity index (χ4n) is 2.65. The number of nitrogens with zero attached hydrogens (tertiary/aromatic N) is 1. The Morgan fingerprint density at radius 3 is 2.73 bits per heavy atom. The lowest BCUT2D eigenvalue weighted by Gasteiger charge is -2.38. The predicted octanol–water partition coefficient (Wildman–Crippen LogP) is 1.81. The van der Waals surface area contributed by atoms with Gasteiger partial charge < -0.3 is 20.1 Å². The van der Waals surface area contributed by atoms with Crippen LogP contribution in [0.15, 0.2) is 29.3 Å². The van der Waals surface area contributed by atoms with Crippen molar-refractivity contribution in [2.24, 2.45) is 10.4 Å². The van der Waals surface area contributed by atoms with Gasteiger partial charge >= 0.3 is 0 Å². The molecule has 0 spiro atoms. The van der Waals surface area contributed by atoms with Gasteiger partial charge in [0.15, 0.2) is 5.96 Å². The van der Waals surface area contributed by atoms with Gasteiger partial charge in [0.1, 0.15) is 11.9 Å². The number of halogens is 1. The van der Waals surface area contributed by atoms with Gasteiger partial charge in [0.25, 0.3) is 0 Å². The lowest BCUT2D eigenvalue weighted by Crippen LogP contribution is -2.51. The second kappa shape index (κ2) is 7.50. The largest absolute Gasteiger partial charge is 0.488 e. The van der Waals surface area contributed by atoms with Gasteiger partial charge in [-0.1, -0.05) is 25.1 Å². The maximum atomic E-state index is 5.91. The molecule has 1 unspecified atom stereocenters. The van der Waals surface area contributed by atoms with E-state index in [4.69, 9.17) is 9.47 Å². The molecule has 2 heterocycles. The number of fused-ring (bicyclic) bond motifs is 1. The van der Waals surface area contributed by atoms with E-state index in [2.05, 4.69) is 34.7 Å². The van der Waals surface area contributed by atoms with E-state index in [0.717, 1.165) is 44.4 Å².